The smallest absolute Gasteiger partial charge is 0.0999 e. The molecule has 0 saturated heterocycles. The predicted molar refractivity (Wildman–Crippen MR) is 218 cm³/mol. The lowest BCUT2D eigenvalue weighted by Gasteiger charge is -2.22. The monoisotopic (exact) mass is 682 g/mol. The van der Waals surface area contributed by atoms with Crippen LogP contribution in [-0.2, 0) is 5.41 Å². The summed E-state index contributed by atoms with van der Waals surface area (Å²) in [5.41, 5.74) is 12.3. The van der Waals surface area contributed by atoms with Crippen LogP contribution in [0.4, 0.5) is 0 Å². The summed E-state index contributed by atoms with van der Waals surface area (Å²) < 4.78 is 7.21. The van der Waals surface area contributed by atoms with E-state index in [1.807, 2.05) is 23.5 Å². The van der Waals surface area contributed by atoms with E-state index in [0.29, 0.717) is 11.1 Å². The molecule has 1 N–H and O–H groups in total. The number of para-hydroxylation sites is 2. The molecule has 0 unspecified atom stereocenters. The van der Waals surface area contributed by atoms with Crippen LogP contribution in [0.3, 0.4) is 0 Å². The van der Waals surface area contributed by atoms with Gasteiger partial charge < -0.3 is 14.5 Å². The highest BCUT2D eigenvalue weighted by atomic mass is 32.1. The Morgan fingerprint density at radius 3 is 1.92 bits per heavy atom. The van der Waals surface area contributed by atoms with Crippen LogP contribution in [0.1, 0.15) is 36.1 Å². The first-order chi connectivity index (χ1) is 25.5. The number of aromatic nitrogens is 2. The highest BCUT2D eigenvalue weighted by Crippen LogP contribution is 2.52. The van der Waals surface area contributed by atoms with Gasteiger partial charge in [0.25, 0.3) is 0 Å². The number of rotatable bonds is 3. The van der Waals surface area contributed by atoms with Crippen molar-refractivity contribution in [1.29, 1.82) is 10.7 Å². The number of thiophene rings is 1. The lowest BCUT2D eigenvalue weighted by molar-refractivity contribution is 0.661. The Labute approximate surface area is 303 Å². The lowest BCUT2D eigenvalue weighted by Crippen LogP contribution is -2.15. The third kappa shape index (κ3) is 3.72. The van der Waals surface area contributed by atoms with Gasteiger partial charge in [-0.05, 0) is 76.9 Å². The maximum absolute atomic E-state index is 10.4. The van der Waals surface area contributed by atoms with Crippen LogP contribution in [0.25, 0.3) is 86.3 Å². The van der Waals surface area contributed by atoms with Gasteiger partial charge in [0.15, 0.2) is 0 Å². The van der Waals surface area contributed by atoms with Crippen molar-refractivity contribution >= 4 is 81.3 Å². The SMILES string of the molecule is CC1(C)c2ccccc2-c2cc3c4cc5c(cc4n(-c4cc(C=N)c(C#N)cc4-n4c6ccccc6c6ccccc64)c3cc21)sc1ccccc15. The molecule has 3 heterocycles. The average Bonchev–Trinajstić information content (AvgIpc) is 3.88. The van der Waals surface area contributed by atoms with Gasteiger partial charge in [0, 0.05) is 58.9 Å². The Bertz CT molecular complexity index is 3200. The third-order valence-electron chi connectivity index (χ3n) is 11.5. The number of hydrogen-bond acceptors (Lipinski definition) is 3. The van der Waals surface area contributed by atoms with Crippen molar-refractivity contribution < 1.29 is 0 Å². The second-order valence-electron chi connectivity index (χ2n) is 14.4. The second kappa shape index (κ2) is 10.3. The van der Waals surface area contributed by atoms with Crippen LogP contribution >= 0.6 is 11.3 Å². The fourth-order valence-corrected chi connectivity index (χ4v) is 10.2. The highest BCUT2D eigenvalue weighted by molar-refractivity contribution is 7.25. The van der Waals surface area contributed by atoms with Crippen molar-refractivity contribution in [2.24, 2.45) is 0 Å². The molecule has 0 fully saturated rings. The molecule has 0 aliphatic heterocycles. The van der Waals surface area contributed by atoms with Crippen molar-refractivity contribution in [2.75, 3.05) is 0 Å². The number of hydrogen-bond donors (Lipinski definition) is 1. The molecule has 1 aliphatic rings. The summed E-state index contributed by atoms with van der Waals surface area (Å²) >= 11 is 1.82. The van der Waals surface area contributed by atoms with Crippen LogP contribution in [0, 0.1) is 16.7 Å². The first-order valence-corrected chi connectivity index (χ1v) is 18.4. The molecule has 10 aromatic rings. The summed E-state index contributed by atoms with van der Waals surface area (Å²) in [7, 11) is 0. The van der Waals surface area contributed by atoms with Crippen molar-refractivity contribution in [1.82, 2.24) is 9.13 Å². The van der Waals surface area contributed by atoms with E-state index < -0.39 is 0 Å². The van der Waals surface area contributed by atoms with E-state index in [0.717, 1.165) is 44.2 Å². The molecule has 7 aromatic carbocycles. The first-order valence-electron chi connectivity index (χ1n) is 17.6. The van der Waals surface area contributed by atoms with E-state index in [4.69, 9.17) is 5.41 Å². The molecule has 0 amide bonds. The Morgan fingerprint density at radius 1 is 0.558 bits per heavy atom. The van der Waals surface area contributed by atoms with E-state index in [2.05, 4.69) is 150 Å². The Kier molecular flexibility index (Phi) is 5.79. The van der Waals surface area contributed by atoms with Gasteiger partial charge in [-0.3, -0.25) is 0 Å². The molecule has 244 valence electrons. The van der Waals surface area contributed by atoms with Gasteiger partial charge in [-0.15, -0.1) is 11.3 Å². The van der Waals surface area contributed by atoms with Gasteiger partial charge in [0.2, 0.25) is 0 Å². The van der Waals surface area contributed by atoms with E-state index in [-0.39, 0.29) is 5.41 Å². The van der Waals surface area contributed by atoms with Gasteiger partial charge in [-0.25, -0.2) is 0 Å². The molecule has 3 aromatic heterocycles. The Morgan fingerprint density at radius 2 is 1.17 bits per heavy atom. The van der Waals surface area contributed by atoms with Crippen molar-refractivity contribution in [2.45, 2.75) is 19.3 Å². The molecule has 0 spiro atoms. The molecule has 1 aliphatic carbocycles. The van der Waals surface area contributed by atoms with Gasteiger partial charge in [0.05, 0.1) is 45.1 Å². The Balaban J connectivity index is 1.35. The molecular formula is C47H30N4S. The summed E-state index contributed by atoms with van der Waals surface area (Å²) in [6, 6.07) is 50.5. The molecule has 0 saturated carbocycles. The molecule has 0 atom stereocenters. The van der Waals surface area contributed by atoms with Crippen molar-refractivity contribution in [3.63, 3.8) is 0 Å². The quantitative estimate of drug-likeness (QED) is 0.185. The number of fused-ring (bicyclic) bond motifs is 12. The fourth-order valence-electron chi connectivity index (χ4n) is 9.04. The summed E-state index contributed by atoms with van der Waals surface area (Å²) in [4.78, 5) is 0. The van der Waals surface area contributed by atoms with Crippen molar-refractivity contribution in [3.8, 4) is 28.6 Å². The summed E-state index contributed by atoms with van der Waals surface area (Å²) in [6.07, 6.45) is 1.31. The fraction of sp³-hybridized carbons (Fsp3) is 0.0638. The van der Waals surface area contributed by atoms with Crippen LogP contribution in [0.5, 0.6) is 0 Å². The topological polar surface area (TPSA) is 57.5 Å². The van der Waals surface area contributed by atoms with Gasteiger partial charge >= 0.3 is 0 Å². The Hall–Kier alpha value is -6.48. The average molecular weight is 683 g/mol. The number of benzene rings is 7. The molecule has 11 rings (SSSR count). The summed E-state index contributed by atoms with van der Waals surface area (Å²) in [6.45, 7) is 4.66. The zero-order chi connectivity index (χ0) is 34.9. The third-order valence-corrected chi connectivity index (χ3v) is 12.6. The minimum Gasteiger partial charge on any atom is -0.308 e. The molecular weight excluding hydrogens is 653 g/mol. The van der Waals surface area contributed by atoms with E-state index in [9.17, 15) is 5.26 Å². The van der Waals surface area contributed by atoms with Crippen molar-refractivity contribution in [3.05, 3.63) is 156 Å². The molecule has 0 radical (unpaired) electrons. The highest BCUT2D eigenvalue weighted by Gasteiger charge is 2.36. The normalized spacial score (nSPS) is 13.4. The minimum atomic E-state index is -0.182. The molecule has 52 heavy (non-hydrogen) atoms. The second-order valence-corrected chi connectivity index (χ2v) is 15.5. The van der Waals surface area contributed by atoms with E-state index in [1.165, 1.54) is 59.4 Å². The largest absolute Gasteiger partial charge is 0.308 e. The van der Waals surface area contributed by atoms with Crippen LogP contribution in [-0.4, -0.2) is 15.3 Å². The lowest BCUT2D eigenvalue weighted by atomic mass is 9.82. The molecule has 0 bridgehead atoms. The standard InChI is InChI=1S/C47H30N4S/c1-47(2)37-15-7-3-11-29(37)33-21-34-35-22-36-32-14-6-10-18-45(32)52-46(36)24-42(35)51(41(34)23-38(33)47)44-20-28(26-49)27(25-48)19-43(44)50-39-16-8-4-12-30(39)31-13-5-9-17-40(31)50/h3-24,26,49H,1-2H3. The number of nitriles is 1. The van der Waals surface area contributed by atoms with Crippen LogP contribution < -0.4 is 0 Å². The number of nitrogens with one attached hydrogen (secondary N) is 1. The maximum atomic E-state index is 10.4. The van der Waals surface area contributed by atoms with Gasteiger partial charge in [0.1, 0.15) is 0 Å². The maximum Gasteiger partial charge on any atom is 0.0999 e. The number of nitrogens with zero attached hydrogens (tertiary/aromatic N) is 3. The summed E-state index contributed by atoms with van der Waals surface area (Å²) in [5.74, 6) is 0. The van der Waals surface area contributed by atoms with E-state index >= 15 is 0 Å². The minimum absolute atomic E-state index is 0.182. The zero-order valence-electron chi connectivity index (χ0n) is 28.5. The van der Waals surface area contributed by atoms with Gasteiger partial charge in [-0.2, -0.15) is 5.26 Å². The van der Waals surface area contributed by atoms with E-state index in [1.54, 1.807) is 0 Å². The van der Waals surface area contributed by atoms with Gasteiger partial charge in [-0.1, -0.05) is 92.7 Å². The van der Waals surface area contributed by atoms with Crippen LogP contribution in [0.15, 0.2) is 133 Å². The predicted octanol–water partition coefficient (Wildman–Crippen LogP) is 12.4. The molecule has 4 nitrogen and oxygen atoms in total. The summed E-state index contributed by atoms with van der Waals surface area (Å²) in [5, 5.41) is 26.1. The van der Waals surface area contributed by atoms with Crippen LogP contribution in [0.2, 0.25) is 0 Å². The first kappa shape index (κ1) is 29.3. The molecule has 5 heteroatoms. The zero-order valence-corrected chi connectivity index (χ0v) is 29.3.